The van der Waals surface area contributed by atoms with Crippen LogP contribution in [0.1, 0.15) is 29.6 Å². The van der Waals surface area contributed by atoms with Crippen LogP contribution in [0.4, 0.5) is 16.2 Å². The van der Waals surface area contributed by atoms with E-state index < -0.39 is 10.9 Å². The standard InChI is InChI=1S/C13H15N3O5/c17-12(18)10-8-9(16(20)21)4-5-11(10)14-13(19)15-6-2-1-3-7-15/h4-5,8H,1-3,6-7H2,(H,14,19)(H,17,18). The van der Waals surface area contributed by atoms with Crippen LogP contribution in [0.3, 0.4) is 0 Å². The number of non-ortho nitro benzene ring substituents is 1. The normalized spacial score (nSPS) is 14.6. The number of carbonyl (C=O) groups excluding carboxylic acids is 1. The van der Waals surface area contributed by atoms with Gasteiger partial charge in [-0.05, 0) is 25.3 Å². The summed E-state index contributed by atoms with van der Waals surface area (Å²) in [5.41, 5.74) is -0.568. The Morgan fingerprint density at radius 3 is 2.48 bits per heavy atom. The smallest absolute Gasteiger partial charge is 0.338 e. The van der Waals surface area contributed by atoms with Gasteiger partial charge in [0, 0.05) is 25.2 Å². The Morgan fingerprint density at radius 1 is 1.24 bits per heavy atom. The molecule has 0 spiro atoms. The van der Waals surface area contributed by atoms with Crippen molar-refractivity contribution in [3.05, 3.63) is 33.9 Å². The van der Waals surface area contributed by atoms with Crippen LogP contribution in [0.25, 0.3) is 0 Å². The number of nitrogens with one attached hydrogen (secondary N) is 1. The van der Waals surface area contributed by atoms with Crippen molar-refractivity contribution in [2.75, 3.05) is 18.4 Å². The number of hydrogen-bond acceptors (Lipinski definition) is 4. The van der Waals surface area contributed by atoms with Gasteiger partial charge in [-0.3, -0.25) is 10.1 Å². The van der Waals surface area contributed by atoms with Gasteiger partial charge in [0.25, 0.3) is 5.69 Å². The number of hydrogen-bond donors (Lipinski definition) is 2. The van der Waals surface area contributed by atoms with Crippen molar-refractivity contribution in [1.82, 2.24) is 4.90 Å². The Balaban J connectivity index is 2.20. The van der Waals surface area contributed by atoms with Crippen molar-refractivity contribution in [2.24, 2.45) is 0 Å². The van der Waals surface area contributed by atoms with Gasteiger partial charge in [-0.2, -0.15) is 0 Å². The van der Waals surface area contributed by atoms with Crippen LogP contribution < -0.4 is 5.32 Å². The topological polar surface area (TPSA) is 113 Å². The third-order valence-electron chi connectivity index (χ3n) is 3.33. The first kappa shape index (κ1) is 14.8. The monoisotopic (exact) mass is 293 g/mol. The average Bonchev–Trinajstić information content (AvgIpc) is 2.48. The van der Waals surface area contributed by atoms with E-state index in [1.54, 1.807) is 4.90 Å². The number of nitro benzene ring substituents is 1. The molecule has 1 aromatic rings. The minimum absolute atomic E-state index is 0.0590. The van der Waals surface area contributed by atoms with Crippen molar-refractivity contribution in [1.29, 1.82) is 0 Å². The fourth-order valence-electron chi connectivity index (χ4n) is 2.22. The molecule has 0 aromatic heterocycles. The van der Waals surface area contributed by atoms with Crippen LogP contribution >= 0.6 is 0 Å². The van der Waals surface area contributed by atoms with E-state index in [4.69, 9.17) is 5.11 Å². The summed E-state index contributed by atoms with van der Waals surface area (Å²) < 4.78 is 0. The highest BCUT2D eigenvalue weighted by atomic mass is 16.6. The van der Waals surface area contributed by atoms with E-state index in [9.17, 15) is 19.7 Å². The van der Waals surface area contributed by atoms with Gasteiger partial charge >= 0.3 is 12.0 Å². The Morgan fingerprint density at radius 2 is 1.90 bits per heavy atom. The van der Waals surface area contributed by atoms with Gasteiger partial charge < -0.3 is 15.3 Å². The zero-order valence-electron chi connectivity index (χ0n) is 11.2. The van der Waals surface area contributed by atoms with Gasteiger partial charge in [0.2, 0.25) is 0 Å². The maximum atomic E-state index is 12.0. The molecule has 1 saturated heterocycles. The van der Waals surface area contributed by atoms with Crippen molar-refractivity contribution in [2.45, 2.75) is 19.3 Å². The molecule has 1 aromatic carbocycles. The number of benzene rings is 1. The molecule has 0 bridgehead atoms. The molecule has 112 valence electrons. The summed E-state index contributed by atoms with van der Waals surface area (Å²) in [6, 6.07) is 2.96. The van der Waals surface area contributed by atoms with E-state index in [-0.39, 0.29) is 23.0 Å². The molecule has 8 nitrogen and oxygen atoms in total. The number of anilines is 1. The molecule has 21 heavy (non-hydrogen) atoms. The number of likely N-dealkylation sites (tertiary alicyclic amines) is 1. The predicted octanol–water partition coefficient (Wildman–Crippen LogP) is 2.31. The first-order valence-electron chi connectivity index (χ1n) is 6.56. The highest BCUT2D eigenvalue weighted by molar-refractivity contribution is 6.00. The Bertz CT molecular complexity index is 581. The van der Waals surface area contributed by atoms with Gasteiger partial charge in [0.1, 0.15) is 0 Å². The van der Waals surface area contributed by atoms with E-state index in [2.05, 4.69) is 5.32 Å². The lowest BCUT2D eigenvalue weighted by Crippen LogP contribution is -2.38. The second-order valence-electron chi connectivity index (χ2n) is 4.77. The van der Waals surface area contributed by atoms with Crippen molar-refractivity contribution in [3.63, 3.8) is 0 Å². The first-order chi connectivity index (χ1) is 9.99. The second-order valence-corrected chi connectivity index (χ2v) is 4.77. The zero-order chi connectivity index (χ0) is 15.4. The summed E-state index contributed by atoms with van der Waals surface area (Å²) in [5, 5.41) is 22.3. The Labute approximate surface area is 120 Å². The average molecular weight is 293 g/mol. The molecule has 0 unspecified atom stereocenters. The minimum atomic E-state index is -1.33. The van der Waals surface area contributed by atoms with Crippen LogP contribution in [0.5, 0.6) is 0 Å². The summed E-state index contributed by atoms with van der Waals surface area (Å²) in [5.74, 6) is -1.33. The summed E-state index contributed by atoms with van der Waals surface area (Å²) in [6.07, 6.45) is 2.90. The third-order valence-corrected chi connectivity index (χ3v) is 3.33. The summed E-state index contributed by atoms with van der Waals surface area (Å²) in [4.78, 5) is 34.8. The minimum Gasteiger partial charge on any atom is -0.478 e. The molecule has 8 heteroatoms. The van der Waals surface area contributed by atoms with E-state index >= 15 is 0 Å². The van der Waals surface area contributed by atoms with Crippen molar-refractivity contribution >= 4 is 23.4 Å². The molecular weight excluding hydrogens is 278 g/mol. The number of aromatic carboxylic acids is 1. The van der Waals surface area contributed by atoms with Gasteiger partial charge in [0.15, 0.2) is 0 Å². The quantitative estimate of drug-likeness (QED) is 0.655. The fourth-order valence-corrected chi connectivity index (χ4v) is 2.22. The number of amides is 2. The fraction of sp³-hybridized carbons (Fsp3) is 0.385. The molecule has 1 aliphatic rings. The molecule has 0 radical (unpaired) electrons. The molecule has 0 saturated carbocycles. The van der Waals surface area contributed by atoms with Crippen LogP contribution in [-0.4, -0.2) is 40.0 Å². The van der Waals surface area contributed by atoms with Crippen LogP contribution in [0, 0.1) is 10.1 Å². The number of rotatable bonds is 3. The van der Waals surface area contributed by atoms with E-state index in [0.29, 0.717) is 13.1 Å². The molecule has 1 aliphatic heterocycles. The molecule has 2 amide bonds. The Hall–Kier alpha value is -2.64. The number of carbonyl (C=O) groups is 2. The maximum absolute atomic E-state index is 12.0. The third kappa shape index (κ3) is 3.47. The Kier molecular flexibility index (Phi) is 4.36. The van der Waals surface area contributed by atoms with Crippen LogP contribution in [0.2, 0.25) is 0 Å². The number of nitrogens with zero attached hydrogens (tertiary/aromatic N) is 2. The summed E-state index contributed by atoms with van der Waals surface area (Å²) >= 11 is 0. The van der Waals surface area contributed by atoms with E-state index in [1.165, 1.54) is 6.07 Å². The molecule has 2 N–H and O–H groups in total. The lowest BCUT2D eigenvalue weighted by molar-refractivity contribution is -0.384. The number of carboxylic acid groups (broad SMARTS) is 1. The number of nitro groups is 1. The predicted molar refractivity (Wildman–Crippen MR) is 74.5 cm³/mol. The van der Waals surface area contributed by atoms with Crippen LogP contribution in [0.15, 0.2) is 18.2 Å². The van der Waals surface area contributed by atoms with Gasteiger partial charge in [-0.25, -0.2) is 9.59 Å². The lowest BCUT2D eigenvalue weighted by Gasteiger charge is -2.27. The van der Waals surface area contributed by atoms with E-state index in [0.717, 1.165) is 31.4 Å². The lowest BCUT2D eigenvalue weighted by atomic mass is 10.1. The molecule has 1 heterocycles. The first-order valence-corrected chi connectivity index (χ1v) is 6.56. The molecule has 2 rings (SSSR count). The number of carboxylic acids is 1. The largest absolute Gasteiger partial charge is 0.478 e. The highest BCUT2D eigenvalue weighted by Crippen LogP contribution is 2.23. The maximum Gasteiger partial charge on any atom is 0.338 e. The molecule has 0 aliphatic carbocycles. The van der Waals surface area contributed by atoms with Gasteiger partial charge in [-0.15, -0.1) is 0 Å². The van der Waals surface area contributed by atoms with Crippen LogP contribution in [-0.2, 0) is 0 Å². The van der Waals surface area contributed by atoms with Crippen molar-refractivity contribution < 1.29 is 19.6 Å². The summed E-state index contributed by atoms with van der Waals surface area (Å²) in [7, 11) is 0. The number of piperidine rings is 1. The second kappa shape index (κ2) is 6.21. The molecule has 1 fully saturated rings. The zero-order valence-corrected chi connectivity index (χ0v) is 11.2. The van der Waals surface area contributed by atoms with Gasteiger partial charge in [0.05, 0.1) is 16.2 Å². The highest BCUT2D eigenvalue weighted by Gasteiger charge is 2.21. The van der Waals surface area contributed by atoms with Crippen molar-refractivity contribution in [3.8, 4) is 0 Å². The van der Waals surface area contributed by atoms with Gasteiger partial charge in [-0.1, -0.05) is 0 Å². The SMILES string of the molecule is O=C(O)c1cc([N+](=O)[O-])ccc1NC(=O)N1CCCCC1. The summed E-state index contributed by atoms with van der Waals surface area (Å²) in [6.45, 7) is 1.25. The molecule has 0 atom stereocenters. The number of urea groups is 1. The van der Waals surface area contributed by atoms with E-state index in [1.807, 2.05) is 0 Å². The molecular formula is C13H15N3O5.